The van der Waals surface area contributed by atoms with Crippen molar-refractivity contribution in [3.05, 3.63) is 63.6 Å². The van der Waals surface area contributed by atoms with Gasteiger partial charge in [-0.05, 0) is 36.2 Å². The molecule has 25 heavy (non-hydrogen) atoms. The normalized spacial score (nSPS) is 14.5. The molecule has 1 heterocycles. The minimum absolute atomic E-state index is 0.0542. The Labute approximate surface area is 158 Å². The molecule has 0 spiro atoms. The van der Waals surface area contributed by atoms with E-state index < -0.39 is 0 Å². The number of aryl methyl sites for hydroxylation is 1. The van der Waals surface area contributed by atoms with Gasteiger partial charge < -0.3 is 15.1 Å². The van der Waals surface area contributed by atoms with Gasteiger partial charge in [0.15, 0.2) is 0 Å². The van der Waals surface area contributed by atoms with E-state index in [1.54, 1.807) is 0 Å². The Balaban J connectivity index is 1.52. The third kappa shape index (κ3) is 4.39. The van der Waals surface area contributed by atoms with Crippen molar-refractivity contribution in [1.29, 1.82) is 0 Å². The number of benzene rings is 2. The lowest BCUT2D eigenvalue weighted by atomic mass is 10.2. The maximum absolute atomic E-state index is 12.4. The van der Waals surface area contributed by atoms with Gasteiger partial charge in [0.25, 0.3) is 0 Å². The Morgan fingerprint density at radius 1 is 1.04 bits per heavy atom. The van der Waals surface area contributed by atoms with Gasteiger partial charge >= 0.3 is 6.03 Å². The summed E-state index contributed by atoms with van der Waals surface area (Å²) < 4.78 is 0. The van der Waals surface area contributed by atoms with Crippen LogP contribution in [0.3, 0.4) is 0 Å². The van der Waals surface area contributed by atoms with Gasteiger partial charge in [-0.2, -0.15) is 0 Å². The molecule has 2 amide bonds. The quantitative estimate of drug-likeness (QED) is 0.863. The molecule has 6 heteroatoms. The zero-order valence-corrected chi connectivity index (χ0v) is 15.6. The zero-order chi connectivity index (χ0) is 17.8. The highest BCUT2D eigenvalue weighted by Gasteiger charge is 2.21. The fourth-order valence-corrected chi connectivity index (χ4v) is 3.25. The van der Waals surface area contributed by atoms with Gasteiger partial charge in [-0.1, -0.05) is 47.5 Å². The predicted molar refractivity (Wildman–Crippen MR) is 104 cm³/mol. The molecular weight excluding hydrogens is 357 g/mol. The summed E-state index contributed by atoms with van der Waals surface area (Å²) in [5, 5.41) is 4.39. The Morgan fingerprint density at radius 2 is 1.76 bits per heavy atom. The van der Waals surface area contributed by atoms with Crippen LogP contribution in [-0.4, -0.2) is 37.1 Å². The smallest absolute Gasteiger partial charge is 0.317 e. The number of carbonyl (C=O) groups excluding carboxylic acids is 1. The van der Waals surface area contributed by atoms with Crippen LogP contribution in [0.25, 0.3) is 0 Å². The summed E-state index contributed by atoms with van der Waals surface area (Å²) in [6.07, 6.45) is 0. The van der Waals surface area contributed by atoms with E-state index in [9.17, 15) is 4.79 Å². The second-order valence-electron chi connectivity index (χ2n) is 6.16. The van der Waals surface area contributed by atoms with Crippen molar-refractivity contribution >= 4 is 34.9 Å². The van der Waals surface area contributed by atoms with Crippen LogP contribution < -0.4 is 10.2 Å². The monoisotopic (exact) mass is 377 g/mol. The predicted octanol–water partition coefficient (Wildman–Crippen LogP) is 4.33. The number of nitrogens with one attached hydrogen (secondary N) is 1. The van der Waals surface area contributed by atoms with Crippen molar-refractivity contribution in [1.82, 2.24) is 10.2 Å². The van der Waals surface area contributed by atoms with Crippen LogP contribution in [0.2, 0.25) is 10.0 Å². The number of piperazine rings is 1. The van der Waals surface area contributed by atoms with Crippen molar-refractivity contribution in [2.75, 3.05) is 31.1 Å². The van der Waals surface area contributed by atoms with Gasteiger partial charge in [0.2, 0.25) is 0 Å². The number of rotatable bonds is 3. The van der Waals surface area contributed by atoms with Crippen LogP contribution in [0.15, 0.2) is 42.5 Å². The summed E-state index contributed by atoms with van der Waals surface area (Å²) in [4.78, 5) is 16.4. The van der Waals surface area contributed by atoms with Crippen molar-refractivity contribution < 1.29 is 4.79 Å². The number of hydrogen-bond donors (Lipinski definition) is 1. The SMILES string of the molecule is Cc1ccc(N2CCN(C(=O)NCc3ccccc3Cl)CC2)cc1Cl. The number of amides is 2. The van der Waals surface area contributed by atoms with Crippen LogP contribution in [0.1, 0.15) is 11.1 Å². The molecular formula is C19H21Cl2N3O. The van der Waals surface area contributed by atoms with Crippen molar-refractivity contribution in [3.63, 3.8) is 0 Å². The molecule has 0 radical (unpaired) electrons. The molecule has 0 saturated carbocycles. The molecule has 132 valence electrons. The van der Waals surface area contributed by atoms with Crippen LogP contribution >= 0.6 is 23.2 Å². The highest BCUT2D eigenvalue weighted by molar-refractivity contribution is 6.31. The molecule has 1 aliphatic heterocycles. The highest BCUT2D eigenvalue weighted by Crippen LogP contribution is 2.24. The lowest BCUT2D eigenvalue weighted by Gasteiger charge is -2.36. The number of urea groups is 1. The maximum Gasteiger partial charge on any atom is 0.317 e. The highest BCUT2D eigenvalue weighted by atomic mass is 35.5. The molecule has 1 saturated heterocycles. The molecule has 1 fully saturated rings. The average Bonchev–Trinajstić information content (AvgIpc) is 2.63. The first-order chi connectivity index (χ1) is 12.0. The zero-order valence-electron chi connectivity index (χ0n) is 14.1. The Bertz CT molecular complexity index is 758. The molecule has 0 aliphatic carbocycles. The lowest BCUT2D eigenvalue weighted by Crippen LogP contribution is -2.51. The van der Waals surface area contributed by atoms with Gasteiger partial charge in [0.05, 0.1) is 0 Å². The molecule has 1 aliphatic rings. The summed E-state index contributed by atoms with van der Waals surface area (Å²) >= 11 is 12.3. The Kier molecular flexibility index (Phi) is 5.71. The number of nitrogens with zero attached hydrogens (tertiary/aromatic N) is 2. The lowest BCUT2D eigenvalue weighted by molar-refractivity contribution is 0.194. The van der Waals surface area contributed by atoms with E-state index >= 15 is 0 Å². The number of anilines is 1. The van der Waals surface area contributed by atoms with Gasteiger partial charge in [0.1, 0.15) is 0 Å². The fourth-order valence-electron chi connectivity index (χ4n) is 2.87. The van der Waals surface area contributed by atoms with E-state index in [1.807, 2.05) is 48.2 Å². The minimum Gasteiger partial charge on any atom is -0.368 e. The second-order valence-corrected chi connectivity index (χ2v) is 6.97. The molecule has 0 aromatic heterocycles. The van der Waals surface area contributed by atoms with Crippen LogP contribution in [-0.2, 0) is 6.54 Å². The number of hydrogen-bond acceptors (Lipinski definition) is 2. The van der Waals surface area contributed by atoms with Crippen LogP contribution in [0.4, 0.5) is 10.5 Å². The van der Waals surface area contributed by atoms with Crippen molar-refractivity contribution in [3.8, 4) is 0 Å². The largest absolute Gasteiger partial charge is 0.368 e. The van der Waals surface area contributed by atoms with Gasteiger partial charge in [-0.3, -0.25) is 0 Å². The fraction of sp³-hybridized carbons (Fsp3) is 0.316. The average molecular weight is 378 g/mol. The molecule has 2 aromatic carbocycles. The molecule has 0 bridgehead atoms. The van der Waals surface area contributed by atoms with E-state index in [-0.39, 0.29) is 6.03 Å². The molecule has 1 N–H and O–H groups in total. The number of carbonyl (C=O) groups is 1. The minimum atomic E-state index is -0.0542. The third-order valence-electron chi connectivity index (χ3n) is 4.48. The topological polar surface area (TPSA) is 35.6 Å². The summed E-state index contributed by atoms with van der Waals surface area (Å²) in [5.41, 5.74) is 3.10. The molecule has 3 rings (SSSR count). The summed E-state index contributed by atoms with van der Waals surface area (Å²) in [6.45, 7) is 5.37. The summed E-state index contributed by atoms with van der Waals surface area (Å²) in [6, 6.07) is 13.6. The van der Waals surface area contributed by atoms with Crippen LogP contribution in [0.5, 0.6) is 0 Å². The molecule has 4 nitrogen and oxygen atoms in total. The second kappa shape index (κ2) is 7.98. The standard InChI is InChI=1S/C19H21Cl2N3O/c1-14-6-7-16(12-18(14)21)23-8-10-24(11-9-23)19(25)22-13-15-4-2-3-5-17(15)20/h2-7,12H,8-11,13H2,1H3,(H,22,25). The molecule has 0 unspecified atom stereocenters. The third-order valence-corrected chi connectivity index (χ3v) is 5.25. The first kappa shape index (κ1) is 17.9. The van der Waals surface area contributed by atoms with E-state index in [0.29, 0.717) is 24.7 Å². The summed E-state index contributed by atoms with van der Waals surface area (Å²) in [7, 11) is 0. The molecule has 0 atom stereocenters. The van der Waals surface area contributed by atoms with E-state index in [0.717, 1.165) is 34.9 Å². The first-order valence-corrected chi connectivity index (χ1v) is 9.07. The van der Waals surface area contributed by atoms with Crippen molar-refractivity contribution in [2.24, 2.45) is 0 Å². The Morgan fingerprint density at radius 3 is 2.44 bits per heavy atom. The van der Waals surface area contributed by atoms with Crippen LogP contribution in [0, 0.1) is 6.92 Å². The maximum atomic E-state index is 12.4. The molecule has 2 aromatic rings. The Hall–Kier alpha value is -1.91. The number of halogens is 2. The van der Waals surface area contributed by atoms with Gasteiger partial charge in [0, 0.05) is 48.5 Å². The van der Waals surface area contributed by atoms with Crippen molar-refractivity contribution in [2.45, 2.75) is 13.5 Å². The first-order valence-electron chi connectivity index (χ1n) is 8.32. The summed E-state index contributed by atoms with van der Waals surface area (Å²) in [5.74, 6) is 0. The van der Waals surface area contributed by atoms with Gasteiger partial charge in [-0.15, -0.1) is 0 Å². The van der Waals surface area contributed by atoms with E-state index in [1.165, 1.54) is 0 Å². The van der Waals surface area contributed by atoms with E-state index in [2.05, 4.69) is 16.3 Å². The van der Waals surface area contributed by atoms with E-state index in [4.69, 9.17) is 23.2 Å². The van der Waals surface area contributed by atoms with Gasteiger partial charge in [-0.25, -0.2) is 4.79 Å².